The summed E-state index contributed by atoms with van der Waals surface area (Å²) in [6.07, 6.45) is 1.62. The number of methoxy groups -OCH3 is 1. The number of ether oxygens (including phenoxy) is 2. The second kappa shape index (κ2) is 8.54. The molecule has 0 unspecified atom stereocenters. The van der Waals surface area contributed by atoms with E-state index < -0.39 is 0 Å². The van der Waals surface area contributed by atoms with E-state index in [-0.39, 0.29) is 11.5 Å². The lowest BCUT2D eigenvalue weighted by atomic mass is 10.2. The molecule has 2 heterocycles. The number of rotatable bonds is 6. The van der Waals surface area contributed by atoms with E-state index in [4.69, 9.17) is 14.7 Å². The van der Waals surface area contributed by atoms with Gasteiger partial charge in [-0.1, -0.05) is 0 Å². The summed E-state index contributed by atoms with van der Waals surface area (Å²) in [5.41, 5.74) is 0.103. The predicted molar refractivity (Wildman–Crippen MR) is 85.8 cm³/mol. The van der Waals surface area contributed by atoms with E-state index in [0.29, 0.717) is 13.2 Å². The van der Waals surface area contributed by atoms with Gasteiger partial charge in [0, 0.05) is 31.6 Å². The van der Waals surface area contributed by atoms with Crippen molar-refractivity contribution in [1.82, 2.24) is 5.32 Å². The predicted octanol–water partition coefficient (Wildman–Crippen LogP) is 1.25. The molecule has 0 atom stereocenters. The van der Waals surface area contributed by atoms with Gasteiger partial charge in [-0.2, -0.15) is 5.26 Å². The van der Waals surface area contributed by atoms with Gasteiger partial charge in [-0.3, -0.25) is 4.79 Å². The number of thiophene rings is 1. The minimum absolute atomic E-state index is 0.103. The van der Waals surface area contributed by atoms with E-state index in [1.54, 1.807) is 24.5 Å². The normalized spacial score (nSPS) is 15.5. The maximum atomic E-state index is 11.9. The number of carbonyl (C=O) groups excluding carboxylic acids is 1. The number of morpholine rings is 1. The van der Waals surface area contributed by atoms with Crippen LogP contribution in [0.15, 0.2) is 17.7 Å². The minimum atomic E-state index is -0.374. The largest absolute Gasteiger partial charge is 0.383 e. The molecular formula is C15H19N3O3S. The minimum Gasteiger partial charge on any atom is -0.383 e. The molecule has 1 aliphatic rings. The Morgan fingerprint density at radius 2 is 2.32 bits per heavy atom. The Kier molecular flexibility index (Phi) is 6.40. The molecule has 2 rings (SSSR count). The molecule has 1 aliphatic heterocycles. The van der Waals surface area contributed by atoms with Crippen LogP contribution in [0.3, 0.4) is 0 Å². The van der Waals surface area contributed by atoms with Crippen LogP contribution in [0.25, 0.3) is 6.08 Å². The van der Waals surface area contributed by atoms with Gasteiger partial charge >= 0.3 is 0 Å². The SMILES string of the molecule is COCCNC(=O)/C(C#N)=C/c1ccc(N2CCOCC2)s1. The third kappa shape index (κ3) is 4.56. The third-order valence-electron chi connectivity index (χ3n) is 3.18. The Morgan fingerprint density at radius 1 is 1.55 bits per heavy atom. The first-order chi connectivity index (χ1) is 10.7. The van der Waals surface area contributed by atoms with Crippen molar-refractivity contribution in [3.63, 3.8) is 0 Å². The van der Waals surface area contributed by atoms with E-state index >= 15 is 0 Å². The number of hydrogen-bond donors (Lipinski definition) is 1. The van der Waals surface area contributed by atoms with Gasteiger partial charge in [0.1, 0.15) is 11.6 Å². The fraction of sp³-hybridized carbons (Fsp3) is 0.467. The van der Waals surface area contributed by atoms with Gasteiger partial charge in [0.2, 0.25) is 0 Å². The number of amides is 1. The molecule has 6 nitrogen and oxygen atoms in total. The second-order valence-corrected chi connectivity index (χ2v) is 5.79. The number of nitrogens with zero attached hydrogens (tertiary/aromatic N) is 2. The molecular weight excluding hydrogens is 302 g/mol. The first kappa shape index (κ1) is 16.5. The molecule has 0 bridgehead atoms. The summed E-state index contributed by atoms with van der Waals surface area (Å²) in [7, 11) is 1.56. The van der Waals surface area contributed by atoms with Crippen LogP contribution in [0.2, 0.25) is 0 Å². The molecule has 1 fully saturated rings. The topological polar surface area (TPSA) is 74.6 Å². The molecule has 1 N–H and O–H groups in total. The smallest absolute Gasteiger partial charge is 0.262 e. The van der Waals surface area contributed by atoms with Crippen LogP contribution in [0, 0.1) is 11.3 Å². The van der Waals surface area contributed by atoms with Crippen LogP contribution in [0.5, 0.6) is 0 Å². The summed E-state index contributed by atoms with van der Waals surface area (Å²) in [5.74, 6) is -0.374. The first-order valence-electron chi connectivity index (χ1n) is 7.06. The van der Waals surface area contributed by atoms with Crippen LogP contribution in [0.1, 0.15) is 4.88 Å². The highest BCUT2D eigenvalue weighted by molar-refractivity contribution is 7.17. The Bertz CT molecular complexity index is 571. The van der Waals surface area contributed by atoms with Crippen LogP contribution in [0.4, 0.5) is 5.00 Å². The van der Waals surface area contributed by atoms with Gasteiger partial charge in [-0.25, -0.2) is 0 Å². The Balaban J connectivity index is 2.01. The lowest BCUT2D eigenvalue weighted by Gasteiger charge is -2.27. The van der Waals surface area contributed by atoms with Crippen molar-refractivity contribution in [3.05, 3.63) is 22.6 Å². The molecule has 0 aliphatic carbocycles. The van der Waals surface area contributed by atoms with Gasteiger partial charge in [-0.15, -0.1) is 11.3 Å². The van der Waals surface area contributed by atoms with Crippen molar-refractivity contribution in [2.45, 2.75) is 0 Å². The number of nitriles is 1. The van der Waals surface area contributed by atoms with Gasteiger partial charge in [0.15, 0.2) is 0 Å². The summed E-state index contributed by atoms with van der Waals surface area (Å²) >= 11 is 1.57. The van der Waals surface area contributed by atoms with E-state index in [2.05, 4.69) is 10.2 Å². The fourth-order valence-corrected chi connectivity index (χ4v) is 3.03. The maximum absolute atomic E-state index is 11.9. The zero-order valence-corrected chi connectivity index (χ0v) is 13.3. The molecule has 0 radical (unpaired) electrons. The molecule has 7 heteroatoms. The van der Waals surface area contributed by atoms with Gasteiger partial charge < -0.3 is 19.7 Å². The first-order valence-corrected chi connectivity index (χ1v) is 7.87. The summed E-state index contributed by atoms with van der Waals surface area (Å²) in [5, 5.41) is 12.9. The highest BCUT2D eigenvalue weighted by atomic mass is 32.1. The average Bonchev–Trinajstić information content (AvgIpc) is 3.02. The number of anilines is 1. The molecule has 1 saturated heterocycles. The van der Waals surface area contributed by atoms with E-state index in [0.717, 1.165) is 36.2 Å². The van der Waals surface area contributed by atoms with Crippen molar-refractivity contribution < 1.29 is 14.3 Å². The summed E-state index contributed by atoms with van der Waals surface area (Å²) in [6.45, 7) is 4.00. The monoisotopic (exact) mass is 321 g/mol. The fourth-order valence-electron chi connectivity index (χ4n) is 2.03. The zero-order valence-electron chi connectivity index (χ0n) is 12.5. The lowest BCUT2D eigenvalue weighted by molar-refractivity contribution is -0.117. The summed E-state index contributed by atoms with van der Waals surface area (Å²) < 4.78 is 10.2. The van der Waals surface area contributed by atoms with Crippen molar-refractivity contribution >= 4 is 28.3 Å². The standard InChI is InChI=1S/C15H19N3O3S/c1-20-7-4-17-15(19)12(11-16)10-13-2-3-14(22-13)18-5-8-21-9-6-18/h2-3,10H,4-9H2,1H3,(H,17,19)/b12-10+. The number of carbonyl (C=O) groups is 1. The molecule has 118 valence electrons. The number of nitrogens with one attached hydrogen (secondary N) is 1. The quantitative estimate of drug-likeness (QED) is 0.485. The van der Waals surface area contributed by atoms with Gasteiger partial charge in [0.05, 0.1) is 24.8 Å². The third-order valence-corrected chi connectivity index (χ3v) is 4.27. The van der Waals surface area contributed by atoms with Gasteiger partial charge in [-0.05, 0) is 18.2 Å². The van der Waals surface area contributed by atoms with Crippen LogP contribution in [-0.4, -0.2) is 52.5 Å². The Hall–Kier alpha value is -1.88. The van der Waals surface area contributed by atoms with E-state index in [1.165, 1.54) is 0 Å². The molecule has 1 amide bonds. The maximum Gasteiger partial charge on any atom is 0.262 e. The Morgan fingerprint density at radius 3 is 3.00 bits per heavy atom. The highest BCUT2D eigenvalue weighted by Crippen LogP contribution is 2.28. The van der Waals surface area contributed by atoms with Crippen LogP contribution >= 0.6 is 11.3 Å². The van der Waals surface area contributed by atoms with Crippen molar-refractivity contribution in [2.75, 3.05) is 51.5 Å². The molecule has 1 aromatic rings. The van der Waals surface area contributed by atoms with Crippen LogP contribution in [-0.2, 0) is 14.3 Å². The molecule has 22 heavy (non-hydrogen) atoms. The van der Waals surface area contributed by atoms with Crippen LogP contribution < -0.4 is 10.2 Å². The Labute approximate surface area is 133 Å². The van der Waals surface area contributed by atoms with Crippen molar-refractivity contribution in [1.29, 1.82) is 5.26 Å². The number of hydrogen-bond acceptors (Lipinski definition) is 6. The van der Waals surface area contributed by atoms with Crippen molar-refractivity contribution in [3.8, 4) is 6.07 Å². The summed E-state index contributed by atoms with van der Waals surface area (Å²) in [4.78, 5) is 15.0. The average molecular weight is 321 g/mol. The molecule has 1 aromatic heterocycles. The molecule has 0 spiro atoms. The molecule has 0 saturated carbocycles. The highest BCUT2D eigenvalue weighted by Gasteiger charge is 2.14. The van der Waals surface area contributed by atoms with E-state index in [1.807, 2.05) is 18.2 Å². The zero-order chi connectivity index (χ0) is 15.8. The van der Waals surface area contributed by atoms with E-state index in [9.17, 15) is 4.79 Å². The van der Waals surface area contributed by atoms with Gasteiger partial charge in [0.25, 0.3) is 5.91 Å². The lowest BCUT2D eigenvalue weighted by Crippen LogP contribution is -2.35. The molecule has 0 aromatic carbocycles. The summed E-state index contributed by atoms with van der Waals surface area (Å²) in [6, 6.07) is 5.89. The van der Waals surface area contributed by atoms with Crippen molar-refractivity contribution in [2.24, 2.45) is 0 Å². The second-order valence-electron chi connectivity index (χ2n) is 4.69.